The van der Waals surface area contributed by atoms with E-state index in [0.717, 1.165) is 33.4 Å². The summed E-state index contributed by atoms with van der Waals surface area (Å²) >= 11 is 0. The van der Waals surface area contributed by atoms with E-state index in [2.05, 4.69) is 188 Å². The predicted molar refractivity (Wildman–Crippen MR) is 250 cm³/mol. The molecule has 10 aromatic carbocycles. The minimum Gasteiger partial charge on any atom is -0.208 e. The lowest BCUT2D eigenvalue weighted by Gasteiger charge is -2.14. The van der Waals surface area contributed by atoms with Crippen molar-refractivity contribution in [3.8, 4) is 78.7 Å². The number of hydrogen-bond donors (Lipinski definition) is 0. The average molecular weight is 764 g/mol. The quantitative estimate of drug-likeness (QED) is 0.120. The summed E-state index contributed by atoms with van der Waals surface area (Å²) < 4.78 is 0. The minimum atomic E-state index is 0.640. The number of rotatable bonds is 7. The fourth-order valence-corrected chi connectivity index (χ4v) is 8.42. The maximum Gasteiger partial charge on any atom is 0.164 e. The molecule has 0 amide bonds. The molecule has 0 aliphatic heterocycles. The number of benzene rings is 10. The van der Waals surface area contributed by atoms with Crippen LogP contribution in [-0.4, -0.2) is 15.0 Å². The standard InChI is InChI=1S/C57H37N3/c1-3-11-38(12-4-1)39-25-31-47(32-26-39)56-58-55(46-14-5-2-6-15-46)59-57(60-56)48-33-27-43(28-34-48)41-21-19-40(20-22-41)42-23-29-45(30-24-42)54-51-18-10-8-16-49(51)37-53-50-17-9-7-13-44(50)35-36-52(53)54/h1-37H. The summed E-state index contributed by atoms with van der Waals surface area (Å²) in [5, 5.41) is 7.63. The molecule has 3 nitrogen and oxygen atoms in total. The van der Waals surface area contributed by atoms with Gasteiger partial charge in [-0.25, -0.2) is 15.0 Å². The Kier molecular flexibility index (Phi) is 8.83. The van der Waals surface area contributed by atoms with Gasteiger partial charge in [-0.15, -0.1) is 0 Å². The molecular weight excluding hydrogens is 727 g/mol. The van der Waals surface area contributed by atoms with Gasteiger partial charge < -0.3 is 0 Å². The van der Waals surface area contributed by atoms with Gasteiger partial charge in [-0.2, -0.15) is 0 Å². The maximum absolute atomic E-state index is 4.99. The molecule has 0 aliphatic rings. The molecule has 0 fully saturated rings. The predicted octanol–water partition coefficient (Wildman–Crippen LogP) is 15.0. The second-order valence-corrected chi connectivity index (χ2v) is 15.2. The van der Waals surface area contributed by atoms with Gasteiger partial charge in [0.2, 0.25) is 0 Å². The van der Waals surface area contributed by atoms with E-state index < -0.39 is 0 Å². The van der Waals surface area contributed by atoms with E-state index in [1.54, 1.807) is 0 Å². The molecule has 11 rings (SSSR count). The highest BCUT2D eigenvalue weighted by molar-refractivity contribution is 6.20. The van der Waals surface area contributed by atoms with Gasteiger partial charge in [0.15, 0.2) is 17.5 Å². The van der Waals surface area contributed by atoms with E-state index in [-0.39, 0.29) is 0 Å². The molecule has 11 aromatic rings. The molecule has 280 valence electrons. The van der Waals surface area contributed by atoms with Crippen LogP contribution in [0.25, 0.3) is 111 Å². The number of fused-ring (bicyclic) bond motifs is 4. The molecule has 0 radical (unpaired) electrons. The van der Waals surface area contributed by atoms with Crippen molar-refractivity contribution in [1.82, 2.24) is 15.0 Å². The molecule has 0 bridgehead atoms. The monoisotopic (exact) mass is 763 g/mol. The van der Waals surface area contributed by atoms with Crippen molar-refractivity contribution < 1.29 is 0 Å². The van der Waals surface area contributed by atoms with Crippen LogP contribution in [0, 0.1) is 0 Å². The highest BCUT2D eigenvalue weighted by Gasteiger charge is 2.15. The van der Waals surface area contributed by atoms with Crippen LogP contribution in [0.2, 0.25) is 0 Å². The van der Waals surface area contributed by atoms with Gasteiger partial charge in [-0.1, -0.05) is 218 Å². The van der Waals surface area contributed by atoms with E-state index in [1.165, 1.54) is 60.1 Å². The normalized spacial score (nSPS) is 11.3. The third-order valence-corrected chi connectivity index (χ3v) is 11.6. The van der Waals surface area contributed by atoms with Crippen LogP contribution >= 0.6 is 0 Å². The summed E-state index contributed by atoms with van der Waals surface area (Å²) in [6.45, 7) is 0. The van der Waals surface area contributed by atoms with Gasteiger partial charge in [0, 0.05) is 16.7 Å². The third-order valence-electron chi connectivity index (χ3n) is 11.6. The summed E-state index contributed by atoms with van der Waals surface area (Å²) in [5.41, 5.74) is 12.3. The topological polar surface area (TPSA) is 38.7 Å². The third kappa shape index (κ3) is 6.58. The summed E-state index contributed by atoms with van der Waals surface area (Å²) in [6, 6.07) is 79.6. The first-order valence-corrected chi connectivity index (χ1v) is 20.3. The molecule has 60 heavy (non-hydrogen) atoms. The van der Waals surface area contributed by atoms with Gasteiger partial charge in [0.25, 0.3) is 0 Å². The number of nitrogens with zero attached hydrogens (tertiary/aromatic N) is 3. The largest absolute Gasteiger partial charge is 0.208 e. The molecule has 1 heterocycles. The molecule has 1 aromatic heterocycles. The highest BCUT2D eigenvalue weighted by atomic mass is 15.0. The van der Waals surface area contributed by atoms with Gasteiger partial charge in [-0.05, 0) is 82.9 Å². The molecule has 3 heteroatoms. The van der Waals surface area contributed by atoms with Crippen LogP contribution in [0.3, 0.4) is 0 Å². The Balaban J connectivity index is 0.877. The lowest BCUT2D eigenvalue weighted by molar-refractivity contribution is 1.07. The van der Waals surface area contributed by atoms with Gasteiger partial charge in [0.1, 0.15) is 0 Å². The summed E-state index contributed by atoms with van der Waals surface area (Å²) in [7, 11) is 0. The van der Waals surface area contributed by atoms with Crippen LogP contribution in [0.1, 0.15) is 0 Å². The summed E-state index contributed by atoms with van der Waals surface area (Å²) in [4.78, 5) is 14.9. The van der Waals surface area contributed by atoms with E-state index >= 15 is 0 Å². The van der Waals surface area contributed by atoms with Crippen LogP contribution in [0.4, 0.5) is 0 Å². The van der Waals surface area contributed by atoms with E-state index in [9.17, 15) is 0 Å². The highest BCUT2D eigenvalue weighted by Crippen LogP contribution is 2.40. The van der Waals surface area contributed by atoms with E-state index in [1.807, 2.05) is 36.4 Å². The average Bonchev–Trinajstić information content (AvgIpc) is 3.34. The molecule has 0 atom stereocenters. The lowest BCUT2D eigenvalue weighted by atomic mass is 9.89. The fraction of sp³-hybridized carbons (Fsp3) is 0. The Morgan fingerprint density at radius 2 is 0.550 bits per heavy atom. The summed E-state index contributed by atoms with van der Waals surface area (Å²) in [6.07, 6.45) is 0. The van der Waals surface area contributed by atoms with Crippen molar-refractivity contribution >= 4 is 32.3 Å². The summed E-state index contributed by atoms with van der Waals surface area (Å²) in [5.74, 6) is 1.93. The Labute approximate surface area is 349 Å². The van der Waals surface area contributed by atoms with Crippen molar-refractivity contribution in [2.45, 2.75) is 0 Å². The maximum atomic E-state index is 4.99. The fourth-order valence-electron chi connectivity index (χ4n) is 8.42. The van der Waals surface area contributed by atoms with Crippen molar-refractivity contribution in [2.75, 3.05) is 0 Å². The number of hydrogen-bond acceptors (Lipinski definition) is 3. The first kappa shape index (κ1) is 35.2. The lowest BCUT2D eigenvalue weighted by Crippen LogP contribution is -2.00. The zero-order chi connectivity index (χ0) is 39.8. The second-order valence-electron chi connectivity index (χ2n) is 15.2. The second kappa shape index (κ2) is 15.1. The van der Waals surface area contributed by atoms with Crippen molar-refractivity contribution in [3.63, 3.8) is 0 Å². The van der Waals surface area contributed by atoms with Crippen molar-refractivity contribution in [2.24, 2.45) is 0 Å². The zero-order valence-corrected chi connectivity index (χ0v) is 32.7. The van der Waals surface area contributed by atoms with Crippen LogP contribution in [0.5, 0.6) is 0 Å². The smallest absolute Gasteiger partial charge is 0.164 e. The van der Waals surface area contributed by atoms with Gasteiger partial charge >= 0.3 is 0 Å². The van der Waals surface area contributed by atoms with Gasteiger partial charge in [0.05, 0.1) is 0 Å². The SMILES string of the molecule is c1ccc(-c2ccc(-c3nc(-c4ccccc4)nc(-c4ccc(-c5ccc(-c6ccc(-c7c8ccccc8cc8c7ccc7ccccc78)cc6)cc5)cc4)n3)cc2)cc1. The molecule has 0 saturated carbocycles. The molecular formula is C57H37N3. The Morgan fingerprint density at radius 3 is 1.05 bits per heavy atom. The molecule has 0 aliphatic carbocycles. The first-order valence-electron chi connectivity index (χ1n) is 20.3. The van der Waals surface area contributed by atoms with E-state index in [4.69, 9.17) is 15.0 Å². The van der Waals surface area contributed by atoms with Crippen LogP contribution in [0.15, 0.2) is 224 Å². The Morgan fingerprint density at radius 1 is 0.200 bits per heavy atom. The molecule has 0 N–H and O–H groups in total. The first-order chi connectivity index (χ1) is 29.7. The van der Waals surface area contributed by atoms with Crippen molar-refractivity contribution in [1.29, 1.82) is 0 Å². The zero-order valence-electron chi connectivity index (χ0n) is 32.7. The number of aromatic nitrogens is 3. The molecule has 0 unspecified atom stereocenters. The minimum absolute atomic E-state index is 0.640. The van der Waals surface area contributed by atoms with Crippen molar-refractivity contribution in [3.05, 3.63) is 224 Å². The van der Waals surface area contributed by atoms with Gasteiger partial charge in [-0.3, -0.25) is 0 Å². The van der Waals surface area contributed by atoms with E-state index in [0.29, 0.717) is 17.5 Å². The Hall–Kier alpha value is -8.01. The molecule has 0 saturated heterocycles. The van der Waals surface area contributed by atoms with Crippen LogP contribution < -0.4 is 0 Å². The van der Waals surface area contributed by atoms with Crippen LogP contribution in [-0.2, 0) is 0 Å². The molecule has 0 spiro atoms. The Bertz CT molecular complexity index is 3300.